The summed E-state index contributed by atoms with van der Waals surface area (Å²) in [6.07, 6.45) is 3.96. The smallest absolute Gasteiger partial charge is 0.268 e. The second-order valence-corrected chi connectivity index (χ2v) is 3.89. The van der Waals surface area contributed by atoms with Crippen LogP contribution in [0.2, 0.25) is 0 Å². The van der Waals surface area contributed by atoms with Gasteiger partial charge in [0, 0.05) is 12.7 Å². The normalized spacial score (nSPS) is 12.1. The molecule has 0 N–H and O–H groups in total. The molecule has 0 aliphatic carbocycles. The largest absolute Gasteiger partial charge is 0.314 e. The van der Waals surface area contributed by atoms with E-state index in [0.29, 0.717) is 12.5 Å². The highest BCUT2D eigenvalue weighted by Gasteiger charge is 2.05. The molecule has 0 fully saturated rings. The summed E-state index contributed by atoms with van der Waals surface area (Å²) in [5.41, 5.74) is 0.0455. The summed E-state index contributed by atoms with van der Waals surface area (Å²) < 4.78 is 1.62. The van der Waals surface area contributed by atoms with Gasteiger partial charge >= 0.3 is 0 Å². The molecule has 1 atom stereocenters. The van der Waals surface area contributed by atoms with Gasteiger partial charge in [-0.15, -0.1) is 0 Å². The molecule has 0 amide bonds. The van der Waals surface area contributed by atoms with Crippen LogP contribution in [0.1, 0.15) is 32.3 Å². The van der Waals surface area contributed by atoms with E-state index in [1.807, 2.05) is 6.07 Å². The number of aromatic nitrogens is 1. The van der Waals surface area contributed by atoms with E-state index in [0.717, 1.165) is 12.8 Å². The zero-order chi connectivity index (χ0) is 11.3. The average molecular weight is 204 g/mol. The molecule has 0 aliphatic heterocycles. The number of hydrogen-bond donors (Lipinski definition) is 0. The molecule has 1 heterocycles. The Balaban J connectivity index is 2.87. The van der Waals surface area contributed by atoms with Crippen molar-refractivity contribution in [2.45, 2.75) is 33.2 Å². The van der Waals surface area contributed by atoms with Gasteiger partial charge in [0.1, 0.15) is 11.6 Å². The molecule has 0 radical (unpaired) electrons. The predicted molar refractivity (Wildman–Crippen MR) is 59.5 cm³/mol. The monoisotopic (exact) mass is 204 g/mol. The van der Waals surface area contributed by atoms with E-state index < -0.39 is 0 Å². The van der Waals surface area contributed by atoms with Crippen LogP contribution in [0.5, 0.6) is 0 Å². The van der Waals surface area contributed by atoms with Gasteiger partial charge in [0.05, 0.1) is 0 Å². The van der Waals surface area contributed by atoms with Crippen molar-refractivity contribution in [3.63, 3.8) is 0 Å². The highest BCUT2D eigenvalue weighted by Crippen LogP contribution is 2.06. The molecule has 0 bridgehead atoms. The van der Waals surface area contributed by atoms with Crippen LogP contribution in [0.15, 0.2) is 23.1 Å². The van der Waals surface area contributed by atoms with Gasteiger partial charge in [0.15, 0.2) is 0 Å². The maximum atomic E-state index is 11.7. The Morgan fingerprint density at radius 1 is 1.60 bits per heavy atom. The topological polar surface area (TPSA) is 45.8 Å². The first-order valence-corrected chi connectivity index (χ1v) is 5.28. The van der Waals surface area contributed by atoms with Crippen LogP contribution in [0.25, 0.3) is 0 Å². The van der Waals surface area contributed by atoms with Crippen molar-refractivity contribution in [1.82, 2.24) is 4.57 Å². The Kier molecular flexibility index (Phi) is 4.11. The molecule has 3 nitrogen and oxygen atoms in total. The van der Waals surface area contributed by atoms with Gasteiger partial charge in [-0.3, -0.25) is 4.79 Å². The summed E-state index contributed by atoms with van der Waals surface area (Å²) in [5.74, 6) is 0.474. The minimum atomic E-state index is -0.178. The van der Waals surface area contributed by atoms with E-state index in [9.17, 15) is 4.79 Å². The summed E-state index contributed by atoms with van der Waals surface area (Å²) in [6.45, 7) is 4.95. The summed E-state index contributed by atoms with van der Waals surface area (Å²) in [5, 5.41) is 8.72. The lowest BCUT2D eigenvalue weighted by molar-refractivity contribution is 0.438. The molecule has 1 unspecified atom stereocenters. The minimum absolute atomic E-state index is 0.178. The third-order valence-corrected chi connectivity index (χ3v) is 2.43. The third kappa shape index (κ3) is 2.95. The Labute approximate surface area is 90.0 Å². The Morgan fingerprint density at radius 2 is 2.33 bits per heavy atom. The van der Waals surface area contributed by atoms with E-state index in [1.165, 1.54) is 0 Å². The van der Waals surface area contributed by atoms with E-state index >= 15 is 0 Å². The average Bonchev–Trinajstić information content (AvgIpc) is 2.21. The van der Waals surface area contributed by atoms with Crippen LogP contribution in [0.4, 0.5) is 0 Å². The van der Waals surface area contributed by atoms with Gasteiger partial charge in [0.2, 0.25) is 0 Å². The van der Waals surface area contributed by atoms with Gasteiger partial charge in [-0.25, -0.2) is 0 Å². The fourth-order valence-electron chi connectivity index (χ4n) is 1.69. The van der Waals surface area contributed by atoms with Crippen molar-refractivity contribution < 1.29 is 0 Å². The third-order valence-electron chi connectivity index (χ3n) is 2.43. The predicted octanol–water partition coefficient (Wildman–Crippen LogP) is 2.16. The van der Waals surface area contributed by atoms with Crippen molar-refractivity contribution >= 4 is 0 Å². The lowest BCUT2D eigenvalue weighted by Gasteiger charge is -2.12. The van der Waals surface area contributed by atoms with Crippen LogP contribution in [-0.2, 0) is 6.54 Å². The van der Waals surface area contributed by atoms with Gasteiger partial charge in [0.25, 0.3) is 5.56 Å². The van der Waals surface area contributed by atoms with Crippen molar-refractivity contribution in [3.8, 4) is 6.07 Å². The molecular formula is C12H16N2O. The molecule has 0 saturated carbocycles. The number of nitriles is 1. The second-order valence-electron chi connectivity index (χ2n) is 3.89. The number of pyridine rings is 1. The highest BCUT2D eigenvalue weighted by atomic mass is 16.1. The lowest BCUT2D eigenvalue weighted by atomic mass is 10.1. The zero-order valence-corrected chi connectivity index (χ0v) is 9.23. The van der Waals surface area contributed by atoms with Crippen LogP contribution in [-0.4, -0.2) is 4.57 Å². The maximum Gasteiger partial charge on any atom is 0.268 e. The first kappa shape index (κ1) is 11.5. The quantitative estimate of drug-likeness (QED) is 0.754. The van der Waals surface area contributed by atoms with Crippen molar-refractivity contribution in [2.75, 3.05) is 0 Å². The SMILES string of the molecule is CCCC(C)Cn1cccc(C#N)c1=O. The van der Waals surface area contributed by atoms with E-state index in [4.69, 9.17) is 5.26 Å². The molecule has 0 spiro atoms. The summed E-state index contributed by atoms with van der Waals surface area (Å²) in [7, 11) is 0. The van der Waals surface area contributed by atoms with Crippen LogP contribution in [0.3, 0.4) is 0 Å². The first-order chi connectivity index (χ1) is 7.19. The summed E-state index contributed by atoms with van der Waals surface area (Å²) in [6, 6.07) is 5.22. The molecule has 80 valence electrons. The first-order valence-electron chi connectivity index (χ1n) is 5.28. The van der Waals surface area contributed by atoms with Gasteiger partial charge in [-0.1, -0.05) is 20.3 Å². The molecule has 0 saturated heterocycles. The fourth-order valence-corrected chi connectivity index (χ4v) is 1.69. The fraction of sp³-hybridized carbons (Fsp3) is 0.500. The summed E-state index contributed by atoms with van der Waals surface area (Å²) in [4.78, 5) is 11.7. The standard InChI is InChI=1S/C12H16N2O/c1-3-5-10(2)9-14-7-4-6-11(8-13)12(14)15/h4,6-7,10H,3,5,9H2,1-2H3. The molecule has 1 rings (SSSR count). The molecule has 0 aliphatic rings. The molecule has 1 aromatic rings. The highest BCUT2D eigenvalue weighted by molar-refractivity contribution is 5.24. The number of nitrogens with zero attached hydrogens (tertiary/aromatic N) is 2. The molecule has 0 aromatic carbocycles. The van der Waals surface area contributed by atoms with Gasteiger partial charge in [-0.2, -0.15) is 5.26 Å². The minimum Gasteiger partial charge on any atom is -0.314 e. The molecule has 1 aromatic heterocycles. The van der Waals surface area contributed by atoms with Crippen LogP contribution >= 0.6 is 0 Å². The van der Waals surface area contributed by atoms with E-state index in [1.54, 1.807) is 22.9 Å². The van der Waals surface area contributed by atoms with Crippen molar-refractivity contribution in [1.29, 1.82) is 5.26 Å². The Morgan fingerprint density at radius 3 is 2.93 bits per heavy atom. The lowest BCUT2D eigenvalue weighted by Crippen LogP contribution is -2.24. The Bertz CT molecular complexity index is 414. The van der Waals surface area contributed by atoms with Crippen molar-refractivity contribution in [3.05, 3.63) is 34.2 Å². The number of rotatable bonds is 4. The van der Waals surface area contributed by atoms with Gasteiger partial charge in [-0.05, 0) is 24.5 Å². The van der Waals surface area contributed by atoms with Crippen LogP contribution < -0.4 is 5.56 Å². The molecule has 3 heteroatoms. The van der Waals surface area contributed by atoms with Crippen molar-refractivity contribution in [2.24, 2.45) is 5.92 Å². The molecular weight excluding hydrogens is 188 g/mol. The van der Waals surface area contributed by atoms with Crippen LogP contribution in [0, 0.1) is 17.2 Å². The second kappa shape index (κ2) is 5.35. The van der Waals surface area contributed by atoms with Gasteiger partial charge < -0.3 is 4.57 Å². The zero-order valence-electron chi connectivity index (χ0n) is 9.23. The maximum absolute atomic E-state index is 11.7. The van der Waals surface area contributed by atoms with E-state index in [2.05, 4.69) is 13.8 Å². The number of hydrogen-bond acceptors (Lipinski definition) is 2. The van der Waals surface area contributed by atoms with E-state index in [-0.39, 0.29) is 11.1 Å². The summed E-state index contributed by atoms with van der Waals surface area (Å²) >= 11 is 0. The molecule has 15 heavy (non-hydrogen) atoms. The Hall–Kier alpha value is -1.56.